The van der Waals surface area contributed by atoms with Crippen LogP contribution in [0.25, 0.3) is 0 Å². The number of hydrogen-bond acceptors (Lipinski definition) is 20. The lowest BCUT2D eigenvalue weighted by Gasteiger charge is -2.49. The summed E-state index contributed by atoms with van der Waals surface area (Å²) in [5, 5.41) is 91.1. The van der Waals surface area contributed by atoms with Gasteiger partial charge in [-0.1, -0.05) is 45.4 Å². The molecule has 3 amide bonds. The number of amides is 3. The molecule has 4 fully saturated rings. The van der Waals surface area contributed by atoms with E-state index in [2.05, 4.69) is 16.0 Å². The van der Waals surface area contributed by atoms with Crippen molar-refractivity contribution in [1.29, 1.82) is 0 Å². The molecule has 0 aromatic heterocycles. The summed E-state index contributed by atoms with van der Waals surface area (Å²) in [7, 11) is 1.26. The summed E-state index contributed by atoms with van der Waals surface area (Å²) in [6, 6.07) is -1.33. The molecule has 4 rings (SSSR count). The smallest absolute Gasteiger partial charge is 0.332 e. The molecule has 0 aromatic rings. The summed E-state index contributed by atoms with van der Waals surface area (Å²) in [6.07, 6.45) is -13.1. The third kappa shape index (κ3) is 18.4. The first-order valence-corrected chi connectivity index (χ1v) is 25.1. The number of carboxylic acids is 1. The second kappa shape index (κ2) is 31.0. The van der Waals surface area contributed by atoms with Crippen molar-refractivity contribution in [2.75, 3.05) is 59.8 Å². The first kappa shape index (κ1) is 60.5. The molecule has 0 bridgehead atoms. The van der Waals surface area contributed by atoms with Crippen molar-refractivity contribution >= 4 is 29.5 Å². The second-order valence-electron chi connectivity index (χ2n) is 19.0. The standard InChI is InChI=1S/C47H81N3O21/c1-5-28-21-29(30(54)12-9-14-48-35(55)13-16-65-18-19-66-17-15-49-44(61)39(58)33(23-51)64-4)22-31(42(28)71-47-41(60)40(59)37(56)25(2)67-47)69-46-36(50-26(3)53)43(38(57)34(24-52)70-46)68-32(45(62)63)20-27-10-7-6-8-11-27/h25,27-29,31-34,36-43,46-47,51-52,56-60H,5-24H2,1-4H3,(H,48,55)(H,49,61)(H,50,53)(H,62,63)/t25?,28?,29?,31-,32+,33-,34+,36?,37-,38+,39+,40+,41?,42-,43?,46-,47+/m1/s1. The minimum absolute atomic E-state index is 0.0120. The van der Waals surface area contributed by atoms with Crippen LogP contribution in [0, 0.1) is 17.8 Å². The minimum Gasteiger partial charge on any atom is -0.479 e. The third-order valence-electron chi connectivity index (χ3n) is 13.8. The second-order valence-corrected chi connectivity index (χ2v) is 19.0. The zero-order chi connectivity index (χ0) is 52.2. The lowest BCUT2D eigenvalue weighted by Crippen LogP contribution is -2.67. The van der Waals surface area contributed by atoms with Crippen LogP contribution < -0.4 is 16.0 Å². The fourth-order valence-corrected chi connectivity index (χ4v) is 9.72. The third-order valence-corrected chi connectivity index (χ3v) is 13.8. The maximum Gasteiger partial charge on any atom is 0.332 e. The number of carboxylic acid groups (broad SMARTS) is 1. The molecular formula is C47H81N3O21. The van der Waals surface area contributed by atoms with Gasteiger partial charge >= 0.3 is 5.97 Å². The van der Waals surface area contributed by atoms with E-state index in [0.29, 0.717) is 19.3 Å². The quantitative estimate of drug-likeness (QED) is 0.0340. The van der Waals surface area contributed by atoms with E-state index in [1.54, 1.807) is 0 Å². The van der Waals surface area contributed by atoms with Crippen LogP contribution in [0.15, 0.2) is 0 Å². The van der Waals surface area contributed by atoms with Gasteiger partial charge < -0.3 is 94.7 Å². The van der Waals surface area contributed by atoms with E-state index in [4.69, 9.17) is 43.0 Å². The predicted molar refractivity (Wildman–Crippen MR) is 246 cm³/mol. The average molecular weight is 1020 g/mol. The van der Waals surface area contributed by atoms with Crippen molar-refractivity contribution in [3.8, 4) is 0 Å². The Morgan fingerprint density at radius 3 is 2.13 bits per heavy atom. The van der Waals surface area contributed by atoms with Crippen LogP contribution >= 0.6 is 0 Å². The van der Waals surface area contributed by atoms with Gasteiger partial charge in [-0.3, -0.25) is 19.2 Å². The highest BCUT2D eigenvalue weighted by atomic mass is 16.7. The van der Waals surface area contributed by atoms with Gasteiger partial charge in [-0.05, 0) is 44.4 Å². The summed E-state index contributed by atoms with van der Waals surface area (Å²) in [4.78, 5) is 63.9. The normalized spacial score (nSPS) is 32.8. The SMILES string of the molecule is CCC1CC(C(=O)CCCNC(=O)CCOCCOCCNC(=O)[C@@H](O)[C@@H](CO)OC)C[C@@H](O[C@@H]2O[C@@H](CO)[C@H](O)C(O[C@@H](CC3CCCCC3)C(=O)O)C2NC(C)=O)[C@@H]1O[C@@H]1OC(C)[C@@H](O)[C@H](O)C1O. The van der Waals surface area contributed by atoms with Gasteiger partial charge in [-0.2, -0.15) is 0 Å². The number of aliphatic hydroxyl groups is 7. The first-order chi connectivity index (χ1) is 33.9. The average Bonchev–Trinajstić information content (AvgIpc) is 3.35. The number of aliphatic hydroxyl groups excluding tert-OH is 7. The van der Waals surface area contributed by atoms with Crippen molar-refractivity contribution in [3.63, 3.8) is 0 Å². The Hall–Kier alpha value is -3.05. The number of carbonyl (C=O) groups excluding carboxylic acids is 4. The molecule has 24 nitrogen and oxygen atoms in total. The molecule has 0 aromatic carbocycles. The molecule has 2 aliphatic heterocycles. The van der Waals surface area contributed by atoms with Gasteiger partial charge in [0.25, 0.3) is 5.91 Å². The molecule has 2 saturated carbocycles. The number of methoxy groups -OCH3 is 1. The molecule has 2 heterocycles. The predicted octanol–water partition coefficient (Wildman–Crippen LogP) is -2.21. The number of nitrogens with one attached hydrogen (secondary N) is 3. The Labute approximate surface area is 414 Å². The molecular weight excluding hydrogens is 943 g/mol. The van der Waals surface area contributed by atoms with Crippen molar-refractivity contribution in [3.05, 3.63) is 0 Å². The van der Waals surface area contributed by atoms with Gasteiger partial charge in [0, 0.05) is 45.9 Å². The Morgan fingerprint density at radius 1 is 0.789 bits per heavy atom. The van der Waals surface area contributed by atoms with Gasteiger partial charge in [0.15, 0.2) is 24.8 Å². The Kier molecular flexibility index (Phi) is 26.4. The number of hydrogen-bond donors (Lipinski definition) is 11. The van der Waals surface area contributed by atoms with E-state index >= 15 is 0 Å². The molecule has 2 aliphatic carbocycles. The van der Waals surface area contributed by atoms with Crippen LogP contribution in [0.2, 0.25) is 0 Å². The molecule has 410 valence electrons. The lowest BCUT2D eigenvalue weighted by atomic mass is 9.74. The van der Waals surface area contributed by atoms with Crippen LogP contribution in [-0.2, 0) is 61.9 Å². The molecule has 24 heteroatoms. The lowest BCUT2D eigenvalue weighted by molar-refractivity contribution is -0.338. The van der Waals surface area contributed by atoms with E-state index < -0.39 is 135 Å². The summed E-state index contributed by atoms with van der Waals surface area (Å²) in [5.41, 5.74) is 0. The molecule has 0 spiro atoms. The zero-order valence-electron chi connectivity index (χ0n) is 41.4. The van der Waals surface area contributed by atoms with Gasteiger partial charge in [-0.15, -0.1) is 0 Å². The molecule has 4 aliphatic rings. The number of carbonyl (C=O) groups is 5. The minimum atomic E-state index is -1.68. The molecule has 0 radical (unpaired) electrons. The Morgan fingerprint density at radius 2 is 1.49 bits per heavy atom. The molecule has 2 saturated heterocycles. The number of rotatable bonds is 30. The summed E-state index contributed by atoms with van der Waals surface area (Å²) in [6.45, 7) is 4.19. The zero-order valence-corrected chi connectivity index (χ0v) is 41.4. The molecule has 11 N–H and O–H groups in total. The topological polar surface area (TPSA) is 357 Å². The fraction of sp³-hybridized carbons (Fsp3) is 0.894. The van der Waals surface area contributed by atoms with Crippen LogP contribution in [-0.4, -0.2) is 222 Å². The van der Waals surface area contributed by atoms with E-state index in [1.807, 2.05) is 6.92 Å². The van der Waals surface area contributed by atoms with E-state index in [9.17, 15) is 59.7 Å². The van der Waals surface area contributed by atoms with E-state index in [0.717, 1.165) is 32.1 Å². The fourth-order valence-electron chi connectivity index (χ4n) is 9.72. The monoisotopic (exact) mass is 1020 g/mol. The number of Topliss-reactive ketones (excluding diaryl/α,β-unsaturated/α-hetero) is 1. The summed E-state index contributed by atoms with van der Waals surface area (Å²) < 4.78 is 46.8. The highest BCUT2D eigenvalue weighted by Gasteiger charge is 2.53. The van der Waals surface area contributed by atoms with Gasteiger partial charge in [-0.25, -0.2) is 4.79 Å². The summed E-state index contributed by atoms with van der Waals surface area (Å²) >= 11 is 0. The van der Waals surface area contributed by atoms with Gasteiger partial charge in [0.2, 0.25) is 11.8 Å². The number of ketones is 1. The van der Waals surface area contributed by atoms with E-state index in [1.165, 1.54) is 21.0 Å². The van der Waals surface area contributed by atoms with Gasteiger partial charge in [0.1, 0.15) is 54.6 Å². The Bertz CT molecular complexity index is 1620. The maximum atomic E-state index is 14.0. The van der Waals surface area contributed by atoms with Crippen molar-refractivity contribution in [2.24, 2.45) is 17.8 Å². The number of ether oxygens (including phenoxy) is 8. The van der Waals surface area contributed by atoms with Gasteiger partial charge in [0.05, 0.1) is 58.0 Å². The van der Waals surface area contributed by atoms with Crippen LogP contribution in [0.1, 0.15) is 97.8 Å². The molecule has 71 heavy (non-hydrogen) atoms. The van der Waals surface area contributed by atoms with E-state index in [-0.39, 0.29) is 82.8 Å². The van der Waals surface area contributed by atoms with Crippen LogP contribution in [0.4, 0.5) is 0 Å². The highest BCUT2D eigenvalue weighted by Crippen LogP contribution is 2.40. The molecule has 6 unspecified atom stereocenters. The molecule has 17 atom stereocenters. The Balaban J connectivity index is 1.38. The van der Waals surface area contributed by atoms with Crippen molar-refractivity contribution in [2.45, 2.75) is 190 Å². The largest absolute Gasteiger partial charge is 0.479 e. The first-order valence-electron chi connectivity index (χ1n) is 25.1. The van der Waals surface area contributed by atoms with Crippen molar-refractivity contribution < 1.29 is 103 Å². The summed E-state index contributed by atoms with van der Waals surface area (Å²) in [5.74, 6) is -4.02. The van der Waals surface area contributed by atoms with Crippen molar-refractivity contribution in [1.82, 2.24) is 16.0 Å². The maximum absolute atomic E-state index is 14.0. The van der Waals surface area contributed by atoms with Crippen LogP contribution in [0.5, 0.6) is 0 Å². The highest BCUT2D eigenvalue weighted by molar-refractivity contribution is 5.82. The number of aliphatic carboxylic acids is 1. The van der Waals surface area contributed by atoms with Crippen LogP contribution in [0.3, 0.4) is 0 Å².